The molecular weight excluding hydrogens is 359 g/mol. The molecule has 2 heterocycles. The molecule has 1 atom stereocenters. The monoisotopic (exact) mass is 386 g/mol. The summed E-state index contributed by atoms with van der Waals surface area (Å²) < 4.78 is 13.3. The zero-order chi connectivity index (χ0) is 19.9. The lowest BCUT2D eigenvalue weighted by molar-refractivity contribution is 0.102. The van der Waals surface area contributed by atoms with Gasteiger partial charge in [0, 0.05) is 31.7 Å². The second kappa shape index (κ2) is 9.61. The van der Waals surface area contributed by atoms with Crippen LogP contribution in [0, 0.1) is 5.82 Å². The van der Waals surface area contributed by atoms with Gasteiger partial charge in [-0.15, -0.1) is 0 Å². The van der Waals surface area contributed by atoms with Crippen LogP contribution in [-0.4, -0.2) is 59.7 Å². The number of carbonyl (C=O) groups is 1. The quantitative estimate of drug-likeness (QED) is 0.799. The maximum absolute atomic E-state index is 13.3. The molecule has 3 rings (SSSR count). The number of halogens is 1. The minimum atomic E-state index is -0.442. The van der Waals surface area contributed by atoms with Crippen molar-refractivity contribution in [2.75, 3.05) is 42.9 Å². The van der Waals surface area contributed by atoms with Crippen molar-refractivity contribution in [3.05, 3.63) is 54.0 Å². The molecule has 2 aromatic rings. The van der Waals surface area contributed by atoms with Crippen LogP contribution in [0.3, 0.4) is 0 Å². The lowest BCUT2D eigenvalue weighted by atomic mass is 10.2. The van der Waals surface area contributed by atoms with E-state index in [1.165, 1.54) is 18.2 Å². The first-order chi connectivity index (χ1) is 13.5. The number of aliphatic hydroxyl groups is 1. The average Bonchev–Trinajstić information content (AvgIpc) is 2.94. The van der Waals surface area contributed by atoms with E-state index in [0.717, 1.165) is 44.8 Å². The van der Waals surface area contributed by atoms with Gasteiger partial charge in [0.1, 0.15) is 11.6 Å². The number of pyridine rings is 1. The molecule has 0 bridgehead atoms. The number of aromatic nitrogens is 1. The second-order valence-electron chi connectivity index (χ2n) is 7.07. The van der Waals surface area contributed by atoms with Crippen LogP contribution in [0.1, 0.15) is 30.1 Å². The number of anilines is 2. The van der Waals surface area contributed by atoms with Crippen molar-refractivity contribution in [2.45, 2.75) is 25.9 Å². The fraction of sp³-hybridized carbons (Fsp3) is 0.429. The van der Waals surface area contributed by atoms with Crippen LogP contribution in [0.15, 0.2) is 42.6 Å². The number of carbonyl (C=O) groups excluding carboxylic acids is 1. The predicted octanol–water partition coefficient (Wildman–Crippen LogP) is 2.76. The predicted molar refractivity (Wildman–Crippen MR) is 108 cm³/mol. The third-order valence-electron chi connectivity index (χ3n) is 4.95. The van der Waals surface area contributed by atoms with E-state index in [1.54, 1.807) is 12.3 Å². The number of hydrogen-bond donors (Lipinski definition) is 2. The van der Waals surface area contributed by atoms with E-state index in [4.69, 9.17) is 0 Å². The Bertz CT molecular complexity index is 784. The fourth-order valence-corrected chi connectivity index (χ4v) is 3.29. The zero-order valence-electron chi connectivity index (χ0n) is 16.1. The SMILES string of the molecule is CCC(O)CN1CCCN(c2ccc(NC(=O)c3cccc(F)c3)cn2)CC1. The van der Waals surface area contributed by atoms with E-state index < -0.39 is 5.82 Å². The number of rotatable bonds is 6. The van der Waals surface area contributed by atoms with E-state index in [2.05, 4.69) is 20.1 Å². The van der Waals surface area contributed by atoms with Crippen LogP contribution in [0.4, 0.5) is 15.9 Å². The van der Waals surface area contributed by atoms with E-state index in [1.807, 2.05) is 19.1 Å². The van der Waals surface area contributed by atoms with E-state index in [-0.39, 0.29) is 17.6 Å². The zero-order valence-corrected chi connectivity index (χ0v) is 16.1. The van der Waals surface area contributed by atoms with Gasteiger partial charge in [0.2, 0.25) is 0 Å². The van der Waals surface area contributed by atoms with Crippen LogP contribution in [0.2, 0.25) is 0 Å². The fourth-order valence-electron chi connectivity index (χ4n) is 3.29. The number of hydrogen-bond acceptors (Lipinski definition) is 5. The molecule has 1 aromatic carbocycles. The number of β-amino-alcohol motifs (C(OH)–C–C–N with tert-alkyl or cyclic N) is 1. The summed E-state index contributed by atoms with van der Waals surface area (Å²) in [6.45, 7) is 6.31. The van der Waals surface area contributed by atoms with Gasteiger partial charge in [0.05, 0.1) is 18.0 Å². The summed E-state index contributed by atoms with van der Waals surface area (Å²) in [5.74, 6) is 0.0541. The van der Waals surface area contributed by atoms with Crippen molar-refractivity contribution >= 4 is 17.4 Å². The molecule has 1 unspecified atom stereocenters. The normalized spacial score (nSPS) is 16.5. The molecule has 0 aliphatic carbocycles. The Labute approximate surface area is 165 Å². The summed E-state index contributed by atoms with van der Waals surface area (Å²) >= 11 is 0. The molecular formula is C21H27FN4O2. The molecule has 28 heavy (non-hydrogen) atoms. The van der Waals surface area contributed by atoms with Gasteiger partial charge in [0.15, 0.2) is 0 Å². The molecule has 1 amide bonds. The molecule has 1 aliphatic rings. The standard InChI is InChI=1S/C21H27FN4O2/c1-2-19(27)15-25-9-4-10-26(12-11-25)20-8-7-18(14-23-20)24-21(28)16-5-3-6-17(22)13-16/h3,5-8,13-14,19,27H,2,4,9-12,15H2,1H3,(H,24,28). The lowest BCUT2D eigenvalue weighted by Crippen LogP contribution is -2.35. The van der Waals surface area contributed by atoms with Crippen molar-refractivity contribution in [1.29, 1.82) is 0 Å². The summed E-state index contributed by atoms with van der Waals surface area (Å²) in [7, 11) is 0. The number of aliphatic hydroxyl groups excluding tert-OH is 1. The molecule has 1 aliphatic heterocycles. The minimum absolute atomic E-state index is 0.269. The Kier molecular flexibility index (Phi) is 6.95. The summed E-state index contributed by atoms with van der Waals surface area (Å²) in [6, 6.07) is 9.28. The average molecular weight is 386 g/mol. The third-order valence-corrected chi connectivity index (χ3v) is 4.95. The van der Waals surface area contributed by atoms with Crippen molar-refractivity contribution in [3.8, 4) is 0 Å². The topological polar surface area (TPSA) is 68.7 Å². The third kappa shape index (κ3) is 5.50. The Balaban J connectivity index is 1.57. The highest BCUT2D eigenvalue weighted by Gasteiger charge is 2.18. The highest BCUT2D eigenvalue weighted by Crippen LogP contribution is 2.17. The number of benzene rings is 1. The van der Waals surface area contributed by atoms with Crippen molar-refractivity contribution in [3.63, 3.8) is 0 Å². The lowest BCUT2D eigenvalue weighted by Gasteiger charge is -2.24. The first kappa shape index (κ1) is 20.2. The van der Waals surface area contributed by atoms with Gasteiger partial charge < -0.3 is 15.3 Å². The summed E-state index contributed by atoms with van der Waals surface area (Å²) in [5, 5.41) is 12.6. The van der Waals surface area contributed by atoms with Crippen LogP contribution < -0.4 is 10.2 Å². The van der Waals surface area contributed by atoms with Crippen molar-refractivity contribution in [1.82, 2.24) is 9.88 Å². The number of amides is 1. The smallest absolute Gasteiger partial charge is 0.255 e. The molecule has 2 N–H and O–H groups in total. The van der Waals surface area contributed by atoms with Gasteiger partial charge in [-0.3, -0.25) is 9.69 Å². The first-order valence-electron chi connectivity index (χ1n) is 9.73. The Hall–Kier alpha value is -2.51. The Morgan fingerprint density at radius 2 is 2.11 bits per heavy atom. The molecule has 1 fully saturated rings. The molecule has 7 heteroatoms. The largest absolute Gasteiger partial charge is 0.392 e. The van der Waals surface area contributed by atoms with E-state index in [9.17, 15) is 14.3 Å². The second-order valence-corrected chi connectivity index (χ2v) is 7.07. The van der Waals surface area contributed by atoms with Gasteiger partial charge >= 0.3 is 0 Å². The Morgan fingerprint density at radius 1 is 1.25 bits per heavy atom. The highest BCUT2D eigenvalue weighted by atomic mass is 19.1. The van der Waals surface area contributed by atoms with Crippen LogP contribution in [0.25, 0.3) is 0 Å². The molecule has 0 radical (unpaired) electrons. The summed E-state index contributed by atoms with van der Waals surface area (Å²) in [6.07, 6.45) is 3.13. The van der Waals surface area contributed by atoms with Gasteiger partial charge in [0.25, 0.3) is 5.91 Å². The van der Waals surface area contributed by atoms with Gasteiger partial charge in [-0.25, -0.2) is 9.37 Å². The number of nitrogens with zero attached hydrogens (tertiary/aromatic N) is 3. The van der Waals surface area contributed by atoms with E-state index in [0.29, 0.717) is 12.2 Å². The molecule has 150 valence electrons. The van der Waals surface area contributed by atoms with Crippen LogP contribution in [0.5, 0.6) is 0 Å². The van der Waals surface area contributed by atoms with Crippen molar-refractivity contribution in [2.24, 2.45) is 0 Å². The summed E-state index contributed by atoms with van der Waals surface area (Å²) in [5.41, 5.74) is 0.839. The van der Waals surface area contributed by atoms with Gasteiger partial charge in [-0.05, 0) is 49.7 Å². The first-order valence-corrected chi connectivity index (χ1v) is 9.73. The molecule has 1 aromatic heterocycles. The van der Waals surface area contributed by atoms with Crippen LogP contribution in [-0.2, 0) is 0 Å². The summed E-state index contributed by atoms with van der Waals surface area (Å²) in [4.78, 5) is 21.2. The van der Waals surface area contributed by atoms with Crippen LogP contribution >= 0.6 is 0 Å². The minimum Gasteiger partial charge on any atom is -0.392 e. The molecule has 1 saturated heterocycles. The van der Waals surface area contributed by atoms with Gasteiger partial charge in [-0.2, -0.15) is 0 Å². The van der Waals surface area contributed by atoms with Gasteiger partial charge in [-0.1, -0.05) is 13.0 Å². The van der Waals surface area contributed by atoms with Crippen molar-refractivity contribution < 1.29 is 14.3 Å². The maximum Gasteiger partial charge on any atom is 0.255 e. The number of nitrogens with one attached hydrogen (secondary N) is 1. The Morgan fingerprint density at radius 3 is 2.82 bits per heavy atom. The highest BCUT2D eigenvalue weighted by molar-refractivity contribution is 6.04. The maximum atomic E-state index is 13.3. The molecule has 0 spiro atoms. The van der Waals surface area contributed by atoms with E-state index >= 15 is 0 Å². The molecule has 6 nitrogen and oxygen atoms in total. The molecule has 0 saturated carbocycles.